The predicted octanol–water partition coefficient (Wildman–Crippen LogP) is 2.93. The fourth-order valence-corrected chi connectivity index (χ4v) is 4.07. The largest absolute Gasteiger partial charge is 0.497 e. The van der Waals surface area contributed by atoms with Gasteiger partial charge in [0.25, 0.3) is 0 Å². The highest BCUT2D eigenvalue weighted by Gasteiger charge is 2.21. The molecule has 0 heterocycles. The molecule has 0 saturated heterocycles. The number of nitrogens with zero attached hydrogens (tertiary/aromatic N) is 1. The maximum Gasteiger partial charge on any atom is 0.240 e. The summed E-state index contributed by atoms with van der Waals surface area (Å²) in [5.74, 6) is 0.633. The van der Waals surface area contributed by atoms with Gasteiger partial charge in [0.2, 0.25) is 10.0 Å². The summed E-state index contributed by atoms with van der Waals surface area (Å²) in [6.45, 7) is 6.31. The maximum atomic E-state index is 12.6. The molecule has 0 aromatic heterocycles. The Kier molecular flexibility index (Phi) is 7.63. The third-order valence-corrected chi connectivity index (χ3v) is 5.96. The molecule has 142 valence electrons. The van der Waals surface area contributed by atoms with Gasteiger partial charge in [-0.25, -0.2) is 13.1 Å². The van der Waals surface area contributed by atoms with Crippen molar-refractivity contribution in [1.29, 1.82) is 0 Å². The normalized spacial score (nSPS) is 12.9. The van der Waals surface area contributed by atoms with Crippen LogP contribution in [0.25, 0.3) is 0 Å². The Balaban J connectivity index is 2.11. The lowest BCUT2D eigenvalue weighted by molar-refractivity contribution is 0.216. The summed E-state index contributed by atoms with van der Waals surface area (Å²) in [4.78, 5) is 2.53. The Morgan fingerprint density at radius 2 is 1.62 bits per heavy atom. The molecule has 26 heavy (non-hydrogen) atoms. The van der Waals surface area contributed by atoms with E-state index in [0.29, 0.717) is 12.3 Å². The number of nitrogens with one attached hydrogen (secondary N) is 1. The Morgan fingerprint density at radius 1 is 1.00 bits per heavy atom. The first-order valence-electron chi connectivity index (χ1n) is 8.91. The van der Waals surface area contributed by atoms with Gasteiger partial charge in [-0.1, -0.05) is 44.2 Å². The van der Waals surface area contributed by atoms with E-state index in [9.17, 15) is 8.42 Å². The first-order chi connectivity index (χ1) is 12.5. The average molecular weight is 377 g/mol. The van der Waals surface area contributed by atoms with Crippen LogP contribution < -0.4 is 9.46 Å². The summed E-state index contributed by atoms with van der Waals surface area (Å²) >= 11 is 0. The van der Waals surface area contributed by atoms with Crippen molar-refractivity contribution >= 4 is 10.0 Å². The molecule has 0 spiro atoms. The van der Waals surface area contributed by atoms with Crippen LogP contribution in [0.3, 0.4) is 0 Å². The summed E-state index contributed by atoms with van der Waals surface area (Å²) in [5.41, 5.74) is 1.20. The molecule has 2 aromatic carbocycles. The maximum absolute atomic E-state index is 12.6. The molecular weight excluding hydrogens is 348 g/mol. The number of likely N-dealkylation sites (N-methyl/N-ethyl adjacent to an activating group) is 1. The van der Waals surface area contributed by atoms with Crippen molar-refractivity contribution in [3.8, 4) is 5.75 Å². The third-order valence-electron chi connectivity index (χ3n) is 4.52. The molecule has 0 saturated carbocycles. The second-order valence-corrected chi connectivity index (χ2v) is 7.86. The van der Waals surface area contributed by atoms with E-state index in [2.05, 4.69) is 35.6 Å². The molecule has 1 N–H and O–H groups in total. The number of rotatable bonds is 10. The summed E-state index contributed by atoms with van der Waals surface area (Å²) in [6, 6.07) is 16.7. The van der Waals surface area contributed by atoms with Crippen LogP contribution in [-0.4, -0.2) is 46.1 Å². The van der Waals surface area contributed by atoms with Crippen LogP contribution in [0.5, 0.6) is 5.75 Å². The van der Waals surface area contributed by atoms with E-state index in [0.717, 1.165) is 19.5 Å². The number of ether oxygens (including phenoxy) is 1. The van der Waals surface area contributed by atoms with E-state index in [4.69, 9.17) is 4.74 Å². The molecule has 0 aliphatic heterocycles. The van der Waals surface area contributed by atoms with Crippen molar-refractivity contribution in [2.75, 3.05) is 26.7 Å². The molecule has 0 fully saturated rings. The Morgan fingerprint density at radius 3 is 2.15 bits per heavy atom. The van der Waals surface area contributed by atoms with Crippen molar-refractivity contribution < 1.29 is 13.2 Å². The minimum absolute atomic E-state index is 0.0976. The smallest absolute Gasteiger partial charge is 0.240 e. The fraction of sp³-hybridized carbons (Fsp3) is 0.400. The molecule has 2 aromatic rings. The summed E-state index contributed by atoms with van der Waals surface area (Å²) < 4.78 is 33.1. The summed E-state index contributed by atoms with van der Waals surface area (Å²) in [5, 5.41) is 0. The van der Waals surface area contributed by atoms with Gasteiger partial charge >= 0.3 is 0 Å². The van der Waals surface area contributed by atoms with Gasteiger partial charge in [0.1, 0.15) is 5.75 Å². The van der Waals surface area contributed by atoms with Crippen LogP contribution >= 0.6 is 0 Å². The summed E-state index contributed by atoms with van der Waals surface area (Å²) in [7, 11) is -2.00. The monoisotopic (exact) mass is 376 g/mol. The van der Waals surface area contributed by atoms with E-state index >= 15 is 0 Å². The molecule has 0 radical (unpaired) electrons. The molecule has 5 nitrogen and oxygen atoms in total. The number of methoxy groups -OCH3 is 1. The van der Waals surface area contributed by atoms with Crippen LogP contribution in [0.1, 0.15) is 19.4 Å². The van der Waals surface area contributed by atoms with E-state index in [1.807, 2.05) is 18.2 Å². The zero-order valence-corrected chi connectivity index (χ0v) is 16.5. The van der Waals surface area contributed by atoms with E-state index in [1.165, 1.54) is 5.56 Å². The Labute approximate surface area is 157 Å². The number of sulfonamides is 1. The number of hydrogen-bond acceptors (Lipinski definition) is 4. The first-order valence-corrected chi connectivity index (χ1v) is 10.4. The Bertz CT molecular complexity index is 757. The highest BCUT2D eigenvalue weighted by atomic mass is 32.2. The quantitative estimate of drug-likeness (QED) is 0.693. The van der Waals surface area contributed by atoms with Gasteiger partial charge in [-0.2, -0.15) is 0 Å². The van der Waals surface area contributed by atoms with Crippen LogP contribution in [0.4, 0.5) is 0 Å². The minimum atomic E-state index is -3.55. The van der Waals surface area contributed by atoms with Gasteiger partial charge in [-0.3, -0.25) is 4.90 Å². The van der Waals surface area contributed by atoms with Gasteiger partial charge in [0.15, 0.2) is 0 Å². The first kappa shape index (κ1) is 20.4. The lowest BCUT2D eigenvalue weighted by atomic mass is 10.0. The van der Waals surface area contributed by atoms with Gasteiger partial charge in [-0.15, -0.1) is 0 Å². The summed E-state index contributed by atoms with van der Waals surface area (Å²) in [6.07, 6.45) is 0.799. The molecular formula is C20H28N2O3S. The predicted molar refractivity (Wildman–Crippen MR) is 105 cm³/mol. The minimum Gasteiger partial charge on any atom is -0.497 e. The molecule has 1 atom stereocenters. The molecule has 2 rings (SSSR count). The third kappa shape index (κ3) is 5.56. The van der Waals surface area contributed by atoms with Crippen LogP contribution in [0, 0.1) is 0 Å². The van der Waals surface area contributed by atoms with Crippen molar-refractivity contribution in [1.82, 2.24) is 9.62 Å². The van der Waals surface area contributed by atoms with Crippen molar-refractivity contribution in [3.63, 3.8) is 0 Å². The van der Waals surface area contributed by atoms with Crippen molar-refractivity contribution in [2.45, 2.75) is 31.2 Å². The van der Waals surface area contributed by atoms with E-state index in [-0.39, 0.29) is 10.9 Å². The lowest BCUT2D eigenvalue weighted by Crippen LogP contribution is -2.45. The van der Waals surface area contributed by atoms with Crippen LogP contribution in [-0.2, 0) is 16.4 Å². The Hall–Kier alpha value is -1.89. The van der Waals surface area contributed by atoms with Gasteiger partial charge in [0.05, 0.1) is 12.0 Å². The van der Waals surface area contributed by atoms with Crippen LogP contribution in [0.2, 0.25) is 0 Å². The molecule has 0 aliphatic carbocycles. The van der Waals surface area contributed by atoms with E-state index < -0.39 is 10.0 Å². The topological polar surface area (TPSA) is 58.6 Å². The molecule has 1 unspecified atom stereocenters. The van der Waals surface area contributed by atoms with Crippen molar-refractivity contribution in [2.24, 2.45) is 0 Å². The molecule has 0 aliphatic rings. The molecule has 0 bridgehead atoms. The number of benzene rings is 2. The number of hydrogen-bond donors (Lipinski definition) is 1. The molecule has 0 amide bonds. The van der Waals surface area contributed by atoms with Gasteiger partial charge in [0, 0.05) is 12.6 Å². The van der Waals surface area contributed by atoms with Crippen LogP contribution in [0.15, 0.2) is 59.5 Å². The van der Waals surface area contributed by atoms with Gasteiger partial charge in [-0.05, 0) is 49.3 Å². The highest BCUT2D eigenvalue weighted by molar-refractivity contribution is 7.89. The highest BCUT2D eigenvalue weighted by Crippen LogP contribution is 2.16. The second-order valence-electron chi connectivity index (χ2n) is 6.09. The zero-order chi connectivity index (χ0) is 19.0. The zero-order valence-electron chi connectivity index (χ0n) is 15.7. The second kappa shape index (κ2) is 9.71. The SMILES string of the molecule is CCN(CC)C(CNS(=O)(=O)c1ccc(OC)cc1)Cc1ccccc1. The van der Waals surface area contributed by atoms with Crippen molar-refractivity contribution in [3.05, 3.63) is 60.2 Å². The van der Waals surface area contributed by atoms with Gasteiger partial charge < -0.3 is 4.74 Å². The lowest BCUT2D eigenvalue weighted by Gasteiger charge is -2.30. The average Bonchev–Trinajstić information content (AvgIpc) is 2.67. The van der Waals surface area contributed by atoms with E-state index in [1.54, 1.807) is 31.4 Å². The molecule has 6 heteroatoms. The standard InChI is InChI=1S/C20H28N2O3S/c1-4-22(5-2)18(15-17-9-7-6-8-10-17)16-21-26(23,24)20-13-11-19(25-3)12-14-20/h6-14,18,21H,4-5,15-16H2,1-3H3. The fourth-order valence-electron chi connectivity index (χ4n) is 3.00.